The number of carbonyl (C=O) groups is 2. The van der Waals surface area contributed by atoms with Gasteiger partial charge in [-0.3, -0.25) is 9.59 Å². The second-order valence-corrected chi connectivity index (χ2v) is 7.93. The minimum Gasteiger partial charge on any atom is -0.496 e. The molecule has 4 heteroatoms. The molecule has 4 nitrogen and oxygen atoms in total. The van der Waals surface area contributed by atoms with Gasteiger partial charge in [-0.1, -0.05) is 20.8 Å². The number of Topliss-reactive ketones (excluding diaryl/α,β-unsaturated/α-hetero) is 1. The molecule has 0 unspecified atom stereocenters. The molecule has 0 aromatic heterocycles. The van der Waals surface area contributed by atoms with Crippen molar-refractivity contribution in [2.75, 3.05) is 7.11 Å². The minimum absolute atomic E-state index is 0.0256. The van der Waals surface area contributed by atoms with Crippen LogP contribution >= 0.6 is 0 Å². The van der Waals surface area contributed by atoms with Crippen LogP contribution in [0.1, 0.15) is 63.9 Å². The highest BCUT2D eigenvalue weighted by Gasteiger charge is 2.27. The molecule has 1 N–H and O–H groups in total. The monoisotopic (exact) mass is 319 g/mol. The molecule has 1 amide bonds. The van der Waals surface area contributed by atoms with Crippen molar-refractivity contribution < 1.29 is 14.3 Å². The molecule has 0 aliphatic carbocycles. The van der Waals surface area contributed by atoms with Crippen molar-refractivity contribution in [2.24, 2.45) is 5.41 Å². The number of methoxy groups -OCH3 is 1. The number of hydrogen-bond donors (Lipinski definition) is 1. The molecule has 0 radical (unpaired) electrons. The molecule has 1 aromatic rings. The van der Waals surface area contributed by atoms with Crippen molar-refractivity contribution in [1.29, 1.82) is 0 Å². The summed E-state index contributed by atoms with van der Waals surface area (Å²) < 4.78 is 5.30. The van der Waals surface area contributed by atoms with Gasteiger partial charge in [0.05, 0.1) is 13.5 Å². The van der Waals surface area contributed by atoms with E-state index in [9.17, 15) is 9.59 Å². The van der Waals surface area contributed by atoms with Crippen molar-refractivity contribution in [3.63, 3.8) is 0 Å². The fourth-order valence-electron chi connectivity index (χ4n) is 3.10. The van der Waals surface area contributed by atoms with E-state index < -0.39 is 0 Å². The van der Waals surface area contributed by atoms with E-state index in [1.165, 1.54) is 6.92 Å². The average Bonchev–Trinajstić information content (AvgIpc) is 2.34. The van der Waals surface area contributed by atoms with Crippen LogP contribution in [0.25, 0.3) is 0 Å². The van der Waals surface area contributed by atoms with E-state index in [0.717, 1.165) is 12.0 Å². The number of amides is 1. The van der Waals surface area contributed by atoms with Crippen LogP contribution in [-0.4, -0.2) is 24.3 Å². The summed E-state index contributed by atoms with van der Waals surface area (Å²) in [5.74, 6) is 0.527. The summed E-state index contributed by atoms with van der Waals surface area (Å²) in [7, 11) is 1.56. The first kappa shape index (κ1) is 19.2. The highest BCUT2D eigenvalue weighted by molar-refractivity contribution is 5.94. The molecule has 128 valence electrons. The third-order valence-corrected chi connectivity index (χ3v) is 3.49. The van der Waals surface area contributed by atoms with E-state index in [2.05, 4.69) is 26.1 Å². The van der Waals surface area contributed by atoms with Gasteiger partial charge in [0.2, 0.25) is 5.91 Å². The van der Waals surface area contributed by atoms with Gasteiger partial charge in [-0.05, 0) is 50.8 Å². The van der Waals surface area contributed by atoms with Gasteiger partial charge in [-0.15, -0.1) is 0 Å². The zero-order valence-corrected chi connectivity index (χ0v) is 15.4. The SMILES string of the molecule is COc1ccc(C(C)=O)cc1CC(=O)NC(C)(C)CC(C)(C)C. The van der Waals surface area contributed by atoms with E-state index in [1.807, 2.05) is 13.8 Å². The average molecular weight is 319 g/mol. The Hall–Kier alpha value is -1.84. The molecule has 1 aromatic carbocycles. The van der Waals surface area contributed by atoms with Crippen LogP contribution in [0.15, 0.2) is 18.2 Å². The maximum absolute atomic E-state index is 12.4. The number of hydrogen-bond acceptors (Lipinski definition) is 3. The summed E-state index contributed by atoms with van der Waals surface area (Å²) in [5, 5.41) is 3.08. The molecule has 0 atom stereocenters. The van der Waals surface area contributed by atoms with Crippen molar-refractivity contribution in [1.82, 2.24) is 5.32 Å². The standard InChI is InChI=1S/C19H29NO3/c1-13(21)14-8-9-16(23-7)15(10-14)11-17(22)20-19(5,6)12-18(2,3)4/h8-10H,11-12H2,1-7H3,(H,20,22). The third kappa shape index (κ3) is 6.43. The van der Waals surface area contributed by atoms with Crippen LogP contribution in [0.3, 0.4) is 0 Å². The predicted molar refractivity (Wildman–Crippen MR) is 93.0 cm³/mol. The highest BCUT2D eigenvalue weighted by Crippen LogP contribution is 2.27. The Morgan fingerprint density at radius 2 is 1.74 bits per heavy atom. The topological polar surface area (TPSA) is 55.4 Å². The van der Waals surface area contributed by atoms with Crippen molar-refractivity contribution in [2.45, 2.75) is 59.9 Å². The fraction of sp³-hybridized carbons (Fsp3) is 0.579. The van der Waals surface area contributed by atoms with Gasteiger partial charge >= 0.3 is 0 Å². The summed E-state index contributed by atoms with van der Waals surface area (Å²) in [6.45, 7) is 12.0. The van der Waals surface area contributed by atoms with Gasteiger partial charge in [0.25, 0.3) is 0 Å². The molecule has 0 heterocycles. The number of rotatable bonds is 6. The van der Waals surface area contributed by atoms with Crippen molar-refractivity contribution in [3.05, 3.63) is 29.3 Å². The number of nitrogens with one attached hydrogen (secondary N) is 1. The molecular weight excluding hydrogens is 290 g/mol. The lowest BCUT2D eigenvalue weighted by Crippen LogP contribution is -2.46. The van der Waals surface area contributed by atoms with Gasteiger partial charge in [0, 0.05) is 16.7 Å². The normalized spacial score (nSPS) is 12.0. The third-order valence-electron chi connectivity index (χ3n) is 3.49. The Morgan fingerprint density at radius 3 is 2.22 bits per heavy atom. The Labute approximate surface area is 139 Å². The Kier molecular flexibility index (Phi) is 5.98. The van der Waals surface area contributed by atoms with Crippen LogP contribution in [-0.2, 0) is 11.2 Å². The van der Waals surface area contributed by atoms with Gasteiger partial charge in [0.15, 0.2) is 5.78 Å². The maximum Gasteiger partial charge on any atom is 0.224 e. The number of carbonyl (C=O) groups excluding carboxylic acids is 2. The van der Waals surface area contributed by atoms with E-state index >= 15 is 0 Å². The lowest BCUT2D eigenvalue weighted by Gasteiger charge is -2.33. The summed E-state index contributed by atoms with van der Waals surface area (Å²) >= 11 is 0. The van der Waals surface area contributed by atoms with Gasteiger partial charge in [0.1, 0.15) is 5.75 Å². The Bertz CT molecular complexity index is 583. The molecule has 0 saturated carbocycles. The van der Waals surface area contributed by atoms with Crippen molar-refractivity contribution >= 4 is 11.7 Å². The lowest BCUT2D eigenvalue weighted by molar-refractivity contribution is -0.122. The number of benzene rings is 1. The minimum atomic E-state index is -0.291. The first-order valence-corrected chi connectivity index (χ1v) is 7.92. The molecule has 23 heavy (non-hydrogen) atoms. The van der Waals surface area contributed by atoms with Crippen LogP contribution in [0.4, 0.5) is 0 Å². The molecule has 0 fully saturated rings. The second kappa shape index (κ2) is 7.16. The molecule has 0 bridgehead atoms. The van der Waals surface area contributed by atoms with Crippen LogP contribution in [0.5, 0.6) is 5.75 Å². The predicted octanol–water partition coefficient (Wildman–Crippen LogP) is 3.77. The zero-order chi connectivity index (χ0) is 17.8. The summed E-state index contributed by atoms with van der Waals surface area (Å²) in [6, 6.07) is 5.18. The largest absolute Gasteiger partial charge is 0.496 e. The molecule has 1 rings (SSSR count). The van der Waals surface area contributed by atoms with E-state index in [1.54, 1.807) is 25.3 Å². The molecule has 0 spiro atoms. The fourth-order valence-corrected chi connectivity index (χ4v) is 3.10. The highest BCUT2D eigenvalue weighted by atomic mass is 16.5. The van der Waals surface area contributed by atoms with Gasteiger partial charge < -0.3 is 10.1 Å². The van der Waals surface area contributed by atoms with E-state index in [0.29, 0.717) is 11.3 Å². The molecule has 0 saturated heterocycles. The number of ketones is 1. The second-order valence-electron chi connectivity index (χ2n) is 7.93. The van der Waals surface area contributed by atoms with Gasteiger partial charge in [-0.25, -0.2) is 0 Å². The molecular formula is C19H29NO3. The smallest absolute Gasteiger partial charge is 0.224 e. The zero-order valence-electron chi connectivity index (χ0n) is 15.4. The molecule has 0 aliphatic heterocycles. The van der Waals surface area contributed by atoms with Gasteiger partial charge in [-0.2, -0.15) is 0 Å². The summed E-state index contributed by atoms with van der Waals surface area (Å²) in [5.41, 5.74) is 1.15. The summed E-state index contributed by atoms with van der Waals surface area (Å²) in [4.78, 5) is 23.9. The van der Waals surface area contributed by atoms with Crippen LogP contribution < -0.4 is 10.1 Å². The lowest BCUT2D eigenvalue weighted by atomic mass is 9.81. The quantitative estimate of drug-likeness (QED) is 0.812. The van der Waals surface area contributed by atoms with Crippen molar-refractivity contribution in [3.8, 4) is 5.75 Å². The Balaban J connectivity index is 2.88. The number of ether oxygens (including phenoxy) is 1. The van der Waals surface area contributed by atoms with E-state index in [4.69, 9.17) is 4.74 Å². The maximum atomic E-state index is 12.4. The Morgan fingerprint density at radius 1 is 1.13 bits per heavy atom. The van der Waals surface area contributed by atoms with Crippen LogP contribution in [0.2, 0.25) is 0 Å². The first-order valence-electron chi connectivity index (χ1n) is 7.92. The molecule has 0 aliphatic rings. The first-order chi connectivity index (χ1) is 10.4. The summed E-state index contributed by atoms with van der Waals surface area (Å²) in [6.07, 6.45) is 1.06. The van der Waals surface area contributed by atoms with E-state index in [-0.39, 0.29) is 29.1 Å². The van der Waals surface area contributed by atoms with Crippen LogP contribution in [0, 0.1) is 5.41 Å².